The minimum Gasteiger partial charge on any atom is -0.325 e. The third-order valence-electron chi connectivity index (χ3n) is 3.44. The van der Waals surface area contributed by atoms with Crippen LogP contribution in [0.25, 0.3) is 0 Å². The first-order valence-electron chi connectivity index (χ1n) is 7.24. The number of benzene rings is 2. The zero-order valence-electron chi connectivity index (χ0n) is 13.2. The van der Waals surface area contributed by atoms with Gasteiger partial charge in [-0.05, 0) is 50.2 Å². The molecule has 3 nitrogen and oxygen atoms in total. The number of likely N-dealkylation sites (N-methyl/N-ethyl adjacent to an activating group) is 1. The molecule has 0 aliphatic heterocycles. The van der Waals surface area contributed by atoms with Crippen molar-refractivity contribution in [2.45, 2.75) is 20.4 Å². The first-order valence-corrected chi connectivity index (χ1v) is 8.03. The quantitative estimate of drug-likeness (QED) is 0.868. The highest BCUT2D eigenvalue weighted by Crippen LogP contribution is 2.16. The van der Waals surface area contributed by atoms with Gasteiger partial charge in [-0.25, -0.2) is 0 Å². The summed E-state index contributed by atoms with van der Waals surface area (Å²) in [6, 6.07) is 14.2. The first kappa shape index (κ1) is 16.7. The number of nitrogens with zero attached hydrogens (tertiary/aromatic N) is 1. The zero-order valence-corrected chi connectivity index (χ0v) is 14.8. The van der Waals surface area contributed by atoms with Crippen molar-refractivity contribution in [3.05, 3.63) is 63.6 Å². The van der Waals surface area contributed by atoms with Gasteiger partial charge in [0, 0.05) is 16.7 Å². The topological polar surface area (TPSA) is 32.3 Å². The Bertz CT molecular complexity index is 653. The van der Waals surface area contributed by atoms with Gasteiger partial charge in [0.15, 0.2) is 0 Å². The summed E-state index contributed by atoms with van der Waals surface area (Å²) >= 11 is 3.42. The van der Waals surface area contributed by atoms with Crippen LogP contribution in [0.15, 0.2) is 46.9 Å². The van der Waals surface area contributed by atoms with Crippen LogP contribution in [0.5, 0.6) is 0 Å². The van der Waals surface area contributed by atoms with Crippen LogP contribution in [0, 0.1) is 13.8 Å². The summed E-state index contributed by atoms with van der Waals surface area (Å²) in [4.78, 5) is 14.1. The second-order valence-electron chi connectivity index (χ2n) is 5.67. The lowest BCUT2D eigenvalue weighted by atomic mass is 10.1. The lowest BCUT2D eigenvalue weighted by Crippen LogP contribution is -2.30. The first-order chi connectivity index (χ1) is 10.4. The Labute approximate surface area is 140 Å². The molecule has 0 bridgehead atoms. The molecular weight excluding hydrogens is 340 g/mol. The van der Waals surface area contributed by atoms with Gasteiger partial charge in [0.1, 0.15) is 0 Å². The molecule has 2 aromatic carbocycles. The highest BCUT2D eigenvalue weighted by Gasteiger charge is 2.09. The van der Waals surface area contributed by atoms with Crippen molar-refractivity contribution < 1.29 is 4.79 Å². The van der Waals surface area contributed by atoms with Gasteiger partial charge in [-0.1, -0.05) is 45.8 Å². The fraction of sp³-hybridized carbons (Fsp3) is 0.278. The largest absolute Gasteiger partial charge is 0.325 e. The van der Waals surface area contributed by atoms with Gasteiger partial charge < -0.3 is 5.32 Å². The maximum atomic E-state index is 12.1. The number of halogens is 1. The van der Waals surface area contributed by atoms with Crippen LogP contribution in [0.1, 0.15) is 16.7 Å². The van der Waals surface area contributed by atoms with Crippen molar-refractivity contribution in [1.29, 1.82) is 0 Å². The smallest absolute Gasteiger partial charge is 0.238 e. The maximum absolute atomic E-state index is 12.1. The van der Waals surface area contributed by atoms with E-state index < -0.39 is 0 Å². The molecular formula is C18H21BrN2O. The van der Waals surface area contributed by atoms with Gasteiger partial charge in [-0.3, -0.25) is 9.69 Å². The Hall–Kier alpha value is -1.65. The summed E-state index contributed by atoms with van der Waals surface area (Å²) < 4.78 is 1.06. The lowest BCUT2D eigenvalue weighted by molar-refractivity contribution is -0.117. The van der Waals surface area contributed by atoms with Crippen LogP contribution in [0.3, 0.4) is 0 Å². The van der Waals surface area contributed by atoms with Crippen molar-refractivity contribution in [1.82, 2.24) is 4.90 Å². The van der Waals surface area contributed by atoms with Gasteiger partial charge >= 0.3 is 0 Å². The molecule has 2 rings (SSSR count). The van der Waals surface area contributed by atoms with Crippen molar-refractivity contribution in [2.75, 3.05) is 18.9 Å². The summed E-state index contributed by atoms with van der Waals surface area (Å²) in [5.41, 5.74) is 4.35. The molecule has 0 aliphatic carbocycles. The summed E-state index contributed by atoms with van der Waals surface area (Å²) in [5, 5.41) is 2.98. The predicted octanol–water partition coefficient (Wildman–Crippen LogP) is 4.14. The molecule has 22 heavy (non-hydrogen) atoms. The average Bonchev–Trinajstić information content (AvgIpc) is 2.44. The number of anilines is 1. The molecule has 0 atom stereocenters. The van der Waals surface area contributed by atoms with Gasteiger partial charge in [-0.15, -0.1) is 0 Å². The molecule has 0 saturated carbocycles. The van der Waals surface area contributed by atoms with E-state index >= 15 is 0 Å². The molecule has 2 aromatic rings. The van der Waals surface area contributed by atoms with Crippen molar-refractivity contribution in [3.8, 4) is 0 Å². The zero-order chi connectivity index (χ0) is 16.1. The van der Waals surface area contributed by atoms with E-state index in [0.29, 0.717) is 6.54 Å². The van der Waals surface area contributed by atoms with Crippen LogP contribution in [-0.4, -0.2) is 24.4 Å². The van der Waals surface area contributed by atoms with E-state index in [4.69, 9.17) is 0 Å². The third kappa shape index (κ3) is 4.97. The number of nitrogens with one attached hydrogen (secondary N) is 1. The molecule has 116 valence electrons. The van der Waals surface area contributed by atoms with E-state index in [2.05, 4.69) is 39.4 Å². The molecule has 0 saturated heterocycles. The number of carbonyl (C=O) groups excluding carboxylic acids is 1. The minimum atomic E-state index is 0.00608. The molecule has 0 radical (unpaired) electrons. The third-order valence-corrected chi connectivity index (χ3v) is 3.96. The molecule has 0 heterocycles. The Balaban J connectivity index is 1.89. The van der Waals surface area contributed by atoms with Gasteiger partial charge in [0.25, 0.3) is 0 Å². The summed E-state index contributed by atoms with van der Waals surface area (Å²) in [5.74, 6) is 0.00608. The van der Waals surface area contributed by atoms with Crippen molar-refractivity contribution in [2.24, 2.45) is 0 Å². The molecule has 0 aromatic heterocycles. The Morgan fingerprint density at radius 1 is 1.14 bits per heavy atom. The number of rotatable bonds is 5. The van der Waals surface area contributed by atoms with Gasteiger partial charge in [0.2, 0.25) is 5.91 Å². The Morgan fingerprint density at radius 3 is 2.45 bits per heavy atom. The van der Waals surface area contributed by atoms with E-state index in [9.17, 15) is 4.79 Å². The lowest BCUT2D eigenvalue weighted by Gasteiger charge is -2.17. The second-order valence-corrected chi connectivity index (χ2v) is 6.58. The molecule has 0 spiro atoms. The van der Waals surface area contributed by atoms with Gasteiger partial charge in [-0.2, -0.15) is 0 Å². The monoisotopic (exact) mass is 360 g/mol. The van der Waals surface area contributed by atoms with E-state index in [0.717, 1.165) is 22.3 Å². The molecule has 0 unspecified atom stereocenters. The van der Waals surface area contributed by atoms with Crippen LogP contribution in [0.2, 0.25) is 0 Å². The molecule has 0 aliphatic rings. The minimum absolute atomic E-state index is 0.00608. The van der Waals surface area contributed by atoms with Gasteiger partial charge in [0.05, 0.1) is 6.54 Å². The molecule has 0 fully saturated rings. The number of amides is 1. The van der Waals surface area contributed by atoms with Crippen LogP contribution in [0.4, 0.5) is 5.69 Å². The number of carbonyl (C=O) groups is 1. The normalized spacial score (nSPS) is 10.8. The van der Waals surface area contributed by atoms with Crippen LogP contribution >= 0.6 is 15.9 Å². The van der Waals surface area contributed by atoms with E-state index in [1.165, 1.54) is 11.1 Å². The number of hydrogen-bond donors (Lipinski definition) is 1. The fourth-order valence-corrected chi connectivity index (χ4v) is 2.61. The van der Waals surface area contributed by atoms with Crippen LogP contribution in [-0.2, 0) is 11.3 Å². The standard InChI is InChI=1S/C18H21BrN2O/c1-13-4-9-17(14(2)10-13)20-18(22)12-21(3)11-15-5-7-16(19)8-6-15/h4-10H,11-12H2,1-3H3,(H,20,22). The summed E-state index contributed by atoms with van der Waals surface area (Å²) in [7, 11) is 1.95. The Morgan fingerprint density at radius 2 is 1.82 bits per heavy atom. The van der Waals surface area contributed by atoms with E-state index in [1.807, 2.05) is 50.1 Å². The Kier molecular flexibility index (Phi) is 5.75. The molecule has 1 N–H and O–H groups in total. The highest BCUT2D eigenvalue weighted by molar-refractivity contribution is 9.10. The highest BCUT2D eigenvalue weighted by atomic mass is 79.9. The number of hydrogen-bond acceptors (Lipinski definition) is 2. The molecule has 4 heteroatoms. The SMILES string of the molecule is Cc1ccc(NC(=O)CN(C)Cc2ccc(Br)cc2)c(C)c1. The van der Waals surface area contributed by atoms with Crippen molar-refractivity contribution in [3.63, 3.8) is 0 Å². The fourth-order valence-electron chi connectivity index (χ4n) is 2.35. The van der Waals surface area contributed by atoms with Crippen molar-refractivity contribution >= 4 is 27.5 Å². The maximum Gasteiger partial charge on any atom is 0.238 e. The van der Waals surface area contributed by atoms with Crippen LogP contribution < -0.4 is 5.32 Å². The number of aryl methyl sites for hydroxylation is 2. The molecule has 1 amide bonds. The van der Waals surface area contributed by atoms with E-state index in [1.54, 1.807) is 0 Å². The second kappa shape index (κ2) is 7.56. The predicted molar refractivity (Wildman–Crippen MR) is 95.0 cm³/mol. The van der Waals surface area contributed by atoms with E-state index in [-0.39, 0.29) is 5.91 Å². The average molecular weight is 361 g/mol. The summed E-state index contributed by atoms with van der Waals surface area (Å²) in [6.07, 6.45) is 0. The summed E-state index contributed by atoms with van der Waals surface area (Å²) in [6.45, 7) is 5.16.